The maximum absolute atomic E-state index is 14.6. The van der Waals surface area contributed by atoms with Crippen molar-refractivity contribution < 1.29 is 27.8 Å². The van der Waals surface area contributed by atoms with Crippen molar-refractivity contribution in [3.8, 4) is 5.75 Å². The predicted molar refractivity (Wildman–Crippen MR) is 103 cm³/mol. The van der Waals surface area contributed by atoms with Crippen LogP contribution in [0.3, 0.4) is 0 Å². The minimum atomic E-state index is -3.09. The second kappa shape index (κ2) is 8.65. The molecule has 2 heterocycles. The third-order valence-electron chi connectivity index (χ3n) is 5.72. The first-order valence-corrected chi connectivity index (χ1v) is 9.85. The lowest BCUT2D eigenvalue weighted by atomic mass is 9.71. The minimum absolute atomic E-state index is 0.0321. The number of hydrogen-bond acceptors (Lipinski definition) is 4. The molecule has 8 heteroatoms. The molecule has 1 aromatic carbocycles. The van der Waals surface area contributed by atoms with E-state index in [1.54, 1.807) is 12.0 Å². The van der Waals surface area contributed by atoms with Crippen LogP contribution in [0.25, 0.3) is 0 Å². The van der Waals surface area contributed by atoms with Crippen molar-refractivity contribution >= 4 is 11.8 Å². The number of piperidine rings is 2. The minimum Gasteiger partial charge on any atom is -0.497 e. The Kier molecular flexibility index (Phi) is 6.41. The highest BCUT2D eigenvalue weighted by Crippen LogP contribution is 2.45. The standard InChI is InChI=1S/C21H28F2N2O4/c1-28-10-7-18(26)25-14-20(13-21(22,23)15-25)8-4-9-24(19(20)27)12-16-5-3-6-17(11-16)29-2/h3,5-6,11H,4,7-10,12-15H2,1-2H3/t20-/m1/s1. The first kappa shape index (κ1) is 21.5. The van der Waals surface area contributed by atoms with Gasteiger partial charge < -0.3 is 19.3 Å². The van der Waals surface area contributed by atoms with Crippen LogP contribution in [0.15, 0.2) is 24.3 Å². The number of nitrogens with zero attached hydrogens (tertiary/aromatic N) is 2. The van der Waals surface area contributed by atoms with Gasteiger partial charge in [-0.25, -0.2) is 8.78 Å². The maximum atomic E-state index is 14.6. The summed E-state index contributed by atoms with van der Waals surface area (Å²) < 4.78 is 39.3. The second-order valence-corrected chi connectivity index (χ2v) is 7.99. The van der Waals surface area contributed by atoms with E-state index >= 15 is 0 Å². The van der Waals surface area contributed by atoms with Crippen LogP contribution in [0.4, 0.5) is 8.78 Å². The van der Waals surface area contributed by atoms with E-state index in [0.717, 1.165) is 10.5 Å². The molecule has 0 saturated carbocycles. The smallest absolute Gasteiger partial charge is 0.266 e. The lowest BCUT2D eigenvalue weighted by Crippen LogP contribution is -2.61. The molecule has 1 aromatic rings. The van der Waals surface area contributed by atoms with Gasteiger partial charge in [-0.2, -0.15) is 0 Å². The average molecular weight is 410 g/mol. The van der Waals surface area contributed by atoms with E-state index in [9.17, 15) is 18.4 Å². The van der Waals surface area contributed by atoms with Gasteiger partial charge in [-0.15, -0.1) is 0 Å². The molecule has 0 aromatic heterocycles. The van der Waals surface area contributed by atoms with E-state index in [1.807, 2.05) is 24.3 Å². The van der Waals surface area contributed by atoms with Gasteiger partial charge in [-0.3, -0.25) is 9.59 Å². The van der Waals surface area contributed by atoms with Gasteiger partial charge in [0.25, 0.3) is 5.92 Å². The van der Waals surface area contributed by atoms with Crippen LogP contribution in [-0.2, 0) is 20.9 Å². The van der Waals surface area contributed by atoms with Crippen molar-refractivity contribution in [2.75, 3.05) is 40.5 Å². The molecule has 0 aliphatic carbocycles. The van der Waals surface area contributed by atoms with E-state index in [0.29, 0.717) is 31.7 Å². The van der Waals surface area contributed by atoms with Gasteiger partial charge in [0, 0.05) is 33.2 Å². The molecule has 1 spiro atoms. The quantitative estimate of drug-likeness (QED) is 0.724. The number of hydrogen-bond donors (Lipinski definition) is 0. The largest absolute Gasteiger partial charge is 0.497 e. The van der Waals surface area contributed by atoms with Crippen molar-refractivity contribution in [3.63, 3.8) is 0 Å². The zero-order valence-electron chi connectivity index (χ0n) is 17.0. The van der Waals surface area contributed by atoms with E-state index in [1.165, 1.54) is 7.11 Å². The molecular weight excluding hydrogens is 382 g/mol. The number of alkyl halides is 2. The van der Waals surface area contributed by atoms with Gasteiger partial charge >= 0.3 is 0 Å². The molecule has 160 valence electrons. The van der Waals surface area contributed by atoms with Crippen LogP contribution in [-0.4, -0.2) is 68.0 Å². The molecule has 2 fully saturated rings. The molecule has 3 rings (SSSR count). The highest BCUT2D eigenvalue weighted by Gasteiger charge is 2.55. The Labute approximate surface area is 169 Å². The summed E-state index contributed by atoms with van der Waals surface area (Å²) in [5.41, 5.74) is -0.355. The average Bonchev–Trinajstić information content (AvgIpc) is 2.68. The summed E-state index contributed by atoms with van der Waals surface area (Å²) in [4.78, 5) is 28.5. The lowest BCUT2D eigenvalue weighted by Gasteiger charge is -2.49. The summed E-state index contributed by atoms with van der Waals surface area (Å²) in [5, 5.41) is 0. The molecule has 29 heavy (non-hydrogen) atoms. The number of methoxy groups -OCH3 is 2. The third-order valence-corrected chi connectivity index (χ3v) is 5.72. The number of rotatable bonds is 6. The maximum Gasteiger partial charge on any atom is 0.266 e. The Morgan fingerprint density at radius 3 is 2.76 bits per heavy atom. The van der Waals surface area contributed by atoms with Crippen LogP contribution < -0.4 is 4.74 Å². The number of carbonyl (C=O) groups is 2. The molecule has 0 radical (unpaired) electrons. The Morgan fingerprint density at radius 2 is 2.03 bits per heavy atom. The highest BCUT2D eigenvalue weighted by atomic mass is 19.3. The number of carbonyl (C=O) groups excluding carboxylic acids is 2. The summed E-state index contributed by atoms with van der Waals surface area (Å²) in [6, 6.07) is 7.37. The third kappa shape index (κ3) is 4.86. The summed E-state index contributed by atoms with van der Waals surface area (Å²) in [7, 11) is 3.03. The fourth-order valence-electron chi connectivity index (χ4n) is 4.44. The summed E-state index contributed by atoms with van der Waals surface area (Å²) in [5.74, 6) is -3.10. The molecule has 0 bridgehead atoms. The zero-order valence-corrected chi connectivity index (χ0v) is 17.0. The van der Waals surface area contributed by atoms with Crippen molar-refractivity contribution in [2.24, 2.45) is 5.41 Å². The van der Waals surface area contributed by atoms with Gasteiger partial charge in [0.1, 0.15) is 5.75 Å². The molecule has 6 nitrogen and oxygen atoms in total. The first-order valence-electron chi connectivity index (χ1n) is 9.85. The van der Waals surface area contributed by atoms with Crippen LogP contribution in [0.2, 0.25) is 0 Å². The Bertz CT molecular complexity index is 758. The first-order chi connectivity index (χ1) is 13.8. The van der Waals surface area contributed by atoms with E-state index in [-0.39, 0.29) is 25.5 Å². The number of benzene rings is 1. The number of amides is 2. The molecule has 2 aliphatic rings. The number of halogens is 2. The van der Waals surface area contributed by atoms with Crippen LogP contribution in [0.5, 0.6) is 5.75 Å². The summed E-state index contributed by atoms with van der Waals surface area (Å²) >= 11 is 0. The van der Waals surface area contributed by atoms with Gasteiger partial charge in [-0.1, -0.05) is 12.1 Å². The van der Waals surface area contributed by atoms with E-state index in [4.69, 9.17) is 9.47 Å². The normalized spacial score (nSPS) is 24.1. The molecule has 0 unspecified atom stereocenters. The Balaban J connectivity index is 1.79. The van der Waals surface area contributed by atoms with Crippen molar-refractivity contribution in [1.29, 1.82) is 0 Å². The lowest BCUT2D eigenvalue weighted by molar-refractivity contribution is -0.175. The van der Waals surface area contributed by atoms with Gasteiger partial charge in [-0.05, 0) is 30.5 Å². The van der Waals surface area contributed by atoms with Crippen LogP contribution in [0.1, 0.15) is 31.2 Å². The molecule has 2 amide bonds. The molecular formula is C21H28F2N2O4. The van der Waals surface area contributed by atoms with Crippen molar-refractivity contribution in [3.05, 3.63) is 29.8 Å². The second-order valence-electron chi connectivity index (χ2n) is 7.99. The molecule has 2 saturated heterocycles. The van der Waals surface area contributed by atoms with Crippen LogP contribution >= 0.6 is 0 Å². The SMILES string of the molecule is COCCC(=O)N1CC(F)(F)C[C@]2(CCCN(Cc3cccc(OC)c3)C2=O)C1. The van der Waals surface area contributed by atoms with Crippen LogP contribution in [0, 0.1) is 5.41 Å². The summed E-state index contributed by atoms with van der Waals surface area (Å²) in [6.07, 6.45) is 0.516. The van der Waals surface area contributed by atoms with E-state index < -0.39 is 30.2 Å². The highest BCUT2D eigenvalue weighted by molar-refractivity contribution is 5.85. The number of ether oxygens (including phenoxy) is 2. The van der Waals surface area contributed by atoms with Crippen molar-refractivity contribution in [2.45, 2.75) is 38.2 Å². The molecule has 2 aliphatic heterocycles. The molecule has 1 atom stereocenters. The Hall–Kier alpha value is -2.22. The van der Waals surface area contributed by atoms with Crippen molar-refractivity contribution in [1.82, 2.24) is 9.80 Å². The fraction of sp³-hybridized carbons (Fsp3) is 0.619. The molecule has 0 N–H and O–H groups in total. The van der Waals surface area contributed by atoms with Gasteiger partial charge in [0.05, 0.1) is 32.1 Å². The zero-order chi connectivity index (χ0) is 21.1. The van der Waals surface area contributed by atoms with Gasteiger partial charge in [0.2, 0.25) is 11.8 Å². The van der Waals surface area contributed by atoms with Gasteiger partial charge in [0.15, 0.2) is 0 Å². The summed E-state index contributed by atoms with van der Waals surface area (Å²) in [6.45, 7) is 0.421. The monoisotopic (exact) mass is 410 g/mol. The predicted octanol–water partition coefficient (Wildman–Crippen LogP) is 2.71. The van der Waals surface area contributed by atoms with E-state index in [2.05, 4.69) is 0 Å². The topological polar surface area (TPSA) is 59.1 Å². The Morgan fingerprint density at radius 1 is 1.24 bits per heavy atom. The number of likely N-dealkylation sites (tertiary alicyclic amines) is 2. The fourth-order valence-corrected chi connectivity index (χ4v) is 4.44.